The van der Waals surface area contributed by atoms with E-state index in [9.17, 15) is 4.79 Å². The van der Waals surface area contributed by atoms with Gasteiger partial charge in [-0.25, -0.2) is 0 Å². The molecule has 3 aliphatic rings. The van der Waals surface area contributed by atoms with Crippen molar-refractivity contribution >= 4 is 5.97 Å². The van der Waals surface area contributed by atoms with Crippen molar-refractivity contribution in [2.75, 3.05) is 52.5 Å². The molecule has 338 valence electrons. The summed E-state index contributed by atoms with van der Waals surface area (Å²) in [5.41, 5.74) is 0. The zero-order valence-electron chi connectivity index (χ0n) is 38.6. The topological polar surface area (TPSA) is 60.5 Å². The molecule has 0 bridgehead atoms. The number of hydrogen-bond donors (Lipinski definition) is 0. The number of carbonyl (C=O) groups is 1. The Morgan fingerprint density at radius 3 is 1.97 bits per heavy atom. The molecule has 58 heavy (non-hydrogen) atoms. The van der Waals surface area contributed by atoms with Gasteiger partial charge in [-0.05, 0) is 110 Å². The predicted molar refractivity (Wildman–Crippen MR) is 244 cm³/mol. The van der Waals surface area contributed by atoms with Crippen LogP contribution in [0.1, 0.15) is 220 Å². The lowest BCUT2D eigenvalue weighted by atomic mass is 9.99. The van der Waals surface area contributed by atoms with Gasteiger partial charge in [0.1, 0.15) is 6.04 Å². The first kappa shape index (κ1) is 51.1. The number of carbonyl (C=O) groups excluding carboxylic acids is 1. The van der Waals surface area contributed by atoms with Crippen molar-refractivity contribution in [2.24, 2.45) is 0 Å². The third-order valence-corrected chi connectivity index (χ3v) is 12.9. The van der Waals surface area contributed by atoms with E-state index in [0.717, 1.165) is 97.1 Å². The predicted octanol–water partition coefficient (Wildman–Crippen LogP) is 13.3. The van der Waals surface area contributed by atoms with Crippen LogP contribution in [0, 0.1) is 0 Å². The zero-order chi connectivity index (χ0) is 41.2. The average molecular weight is 815 g/mol. The molecule has 3 heterocycles. The van der Waals surface area contributed by atoms with Gasteiger partial charge >= 0.3 is 5.97 Å². The second kappa shape index (κ2) is 34.3. The molecule has 0 spiro atoms. The van der Waals surface area contributed by atoms with E-state index in [1.54, 1.807) is 0 Å². The maximum absolute atomic E-state index is 13.5. The average Bonchev–Trinajstić information content (AvgIpc) is 4.00. The van der Waals surface area contributed by atoms with Crippen molar-refractivity contribution < 1.29 is 23.7 Å². The van der Waals surface area contributed by atoms with Crippen molar-refractivity contribution in [1.82, 2.24) is 9.80 Å². The van der Waals surface area contributed by atoms with Crippen LogP contribution in [0.4, 0.5) is 0 Å². The van der Waals surface area contributed by atoms with Gasteiger partial charge in [0.15, 0.2) is 5.79 Å². The first-order valence-corrected chi connectivity index (χ1v) is 25.5. The standard InChI is InChI=1S/C51H94N2O5/c1-4-7-10-13-15-16-17-18-19-20-21-22-24-26-33-42-56-50(54)49-44-48(55-43-34-40-52-38-31-32-39-52)45-53(49)41-30-27-35-47-46-57-51(58-47,36-28-12-9-6-3)37-29-25-23-14-11-8-5-2/h15-16,18-19,47-49H,4-14,17,20-46H2,1-3H3/b16-15-,19-18-. The van der Waals surface area contributed by atoms with Crippen LogP contribution in [-0.2, 0) is 23.7 Å². The van der Waals surface area contributed by atoms with Crippen molar-refractivity contribution in [3.05, 3.63) is 24.3 Å². The number of nitrogens with zero attached hydrogens (tertiary/aromatic N) is 2. The maximum atomic E-state index is 13.5. The van der Waals surface area contributed by atoms with Gasteiger partial charge in [0.05, 0.1) is 25.4 Å². The number of allylic oxidation sites excluding steroid dienone is 4. The molecule has 0 saturated carbocycles. The summed E-state index contributed by atoms with van der Waals surface area (Å²) >= 11 is 0. The van der Waals surface area contributed by atoms with Crippen LogP contribution in [0.5, 0.6) is 0 Å². The van der Waals surface area contributed by atoms with Gasteiger partial charge < -0.3 is 23.8 Å². The van der Waals surface area contributed by atoms with Crippen molar-refractivity contribution in [1.29, 1.82) is 0 Å². The minimum atomic E-state index is -0.368. The second-order valence-electron chi connectivity index (χ2n) is 18.2. The molecule has 3 aliphatic heterocycles. The lowest BCUT2D eigenvalue weighted by Gasteiger charge is -2.28. The van der Waals surface area contributed by atoms with Gasteiger partial charge in [-0.1, -0.05) is 135 Å². The molecule has 0 amide bonds. The number of ether oxygens (including phenoxy) is 4. The van der Waals surface area contributed by atoms with Crippen LogP contribution in [0.2, 0.25) is 0 Å². The lowest BCUT2D eigenvalue weighted by molar-refractivity contribution is -0.180. The van der Waals surface area contributed by atoms with Gasteiger partial charge in [-0.2, -0.15) is 0 Å². The Hall–Kier alpha value is -1.25. The Morgan fingerprint density at radius 1 is 0.655 bits per heavy atom. The van der Waals surface area contributed by atoms with E-state index < -0.39 is 0 Å². The Kier molecular flexibility index (Phi) is 30.3. The molecule has 7 heteroatoms. The highest BCUT2D eigenvalue weighted by atomic mass is 16.7. The maximum Gasteiger partial charge on any atom is 0.323 e. The SMILES string of the molecule is CCCCC/C=C\C/C=C\CCCCCCCOC(=O)C1CC(OCCCN2CCCC2)CN1CCCCC1COC(CCCCCC)(CCCCCCCCC)O1. The van der Waals surface area contributed by atoms with Crippen LogP contribution in [-0.4, -0.2) is 92.4 Å². The summed E-state index contributed by atoms with van der Waals surface area (Å²) in [6.07, 6.45) is 46.7. The van der Waals surface area contributed by atoms with Gasteiger partial charge in [-0.15, -0.1) is 0 Å². The third-order valence-electron chi connectivity index (χ3n) is 12.9. The van der Waals surface area contributed by atoms with Crippen molar-refractivity contribution in [3.8, 4) is 0 Å². The molecule has 3 fully saturated rings. The molecule has 0 N–H and O–H groups in total. The fraction of sp³-hybridized carbons (Fsp3) is 0.902. The van der Waals surface area contributed by atoms with E-state index in [2.05, 4.69) is 54.9 Å². The van der Waals surface area contributed by atoms with E-state index in [4.69, 9.17) is 18.9 Å². The van der Waals surface area contributed by atoms with E-state index in [-0.39, 0.29) is 30.0 Å². The van der Waals surface area contributed by atoms with Gasteiger partial charge in [0, 0.05) is 39.0 Å². The summed E-state index contributed by atoms with van der Waals surface area (Å²) in [5.74, 6) is -0.411. The van der Waals surface area contributed by atoms with E-state index >= 15 is 0 Å². The molecule has 4 atom stereocenters. The molecule has 7 nitrogen and oxygen atoms in total. The summed E-state index contributed by atoms with van der Waals surface area (Å²) in [4.78, 5) is 18.4. The summed E-state index contributed by atoms with van der Waals surface area (Å²) in [7, 11) is 0. The highest BCUT2D eigenvalue weighted by Crippen LogP contribution is 2.36. The zero-order valence-corrected chi connectivity index (χ0v) is 38.6. The Balaban J connectivity index is 1.35. The van der Waals surface area contributed by atoms with Crippen LogP contribution in [0.15, 0.2) is 24.3 Å². The molecule has 4 unspecified atom stereocenters. The normalized spacial score (nSPS) is 23.1. The molecule has 0 aromatic carbocycles. The smallest absolute Gasteiger partial charge is 0.323 e. The highest BCUT2D eigenvalue weighted by Gasteiger charge is 2.41. The van der Waals surface area contributed by atoms with Crippen LogP contribution < -0.4 is 0 Å². The van der Waals surface area contributed by atoms with Gasteiger partial charge in [-0.3, -0.25) is 9.69 Å². The number of rotatable bonds is 38. The summed E-state index contributed by atoms with van der Waals surface area (Å²) in [6, 6.07) is -0.189. The van der Waals surface area contributed by atoms with Crippen LogP contribution in [0.3, 0.4) is 0 Å². The molecular formula is C51H94N2O5. The molecule has 3 rings (SSSR count). The molecular weight excluding hydrogens is 721 g/mol. The second-order valence-corrected chi connectivity index (χ2v) is 18.2. The van der Waals surface area contributed by atoms with Gasteiger partial charge in [0.25, 0.3) is 0 Å². The fourth-order valence-electron chi connectivity index (χ4n) is 9.21. The minimum Gasteiger partial charge on any atom is -0.465 e. The Labute approximate surface area is 359 Å². The van der Waals surface area contributed by atoms with Crippen LogP contribution in [0.25, 0.3) is 0 Å². The van der Waals surface area contributed by atoms with Crippen molar-refractivity contribution in [3.63, 3.8) is 0 Å². The van der Waals surface area contributed by atoms with Gasteiger partial charge in [0.2, 0.25) is 0 Å². The van der Waals surface area contributed by atoms with E-state index in [1.165, 1.54) is 148 Å². The minimum absolute atomic E-state index is 0.0431. The summed E-state index contributed by atoms with van der Waals surface area (Å²) in [5, 5.41) is 0. The quantitative estimate of drug-likeness (QED) is 0.0349. The molecule has 0 aromatic rings. The van der Waals surface area contributed by atoms with Crippen LogP contribution >= 0.6 is 0 Å². The lowest BCUT2D eigenvalue weighted by Crippen LogP contribution is -2.38. The number of likely N-dealkylation sites (tertiary alicyclic amines) is 2. The molecule has 3 saturated heterocycles. The Morgan fingerprint density at radius 2 is 1.26 bits per heavy atom. The third kappa shape index (κ3) is 23.7. The molecule has 0 aliphatic carbocycles. The first-order chi connectivity index (χ1) is 28.6. The molecule has 0 radical (unpaired) electrons. The summed E-state index contributed by atoms with van der Waals surface area (Å²) < 4.78 is 25.7. The van der Waals surface area contributed by atoms with E-state index in [1.807, 2.05) is 0 Å². The number of unbranched alkanes of at least 4 members (excludes halogenated alkanes) is 18. The number of hydrogen-bond acceptors (Lipinski definition) is 7. The number of esters is 1. The fourth-order valence-corrected chi connectivity index (χ4v) is 9.21. The highest BCUT2D eigenvalue weighted by molar-refractivity contribution is 5.76. The monoisotopic (exact) mass is 815 g/mol. The van der Waals surface area contributed by atoms with Crippen molar-refractivity contribution in [2.45, 2.75) is 244 Å². The van der Waals surface area contributed by atoms with E-state index in [0.29, 0.717) is 6.61 Å². The largest absolute Gasteiger partial charge is 0.465 e. The summed E-state index contributed by atoms with van der Waals surface area (Å²) in [6.45, 7) is 14.2. The first-order valence-electron chi connectivity index (χ1n) is 25.5. The molecule has 0 aromatic heterocycles. The Bertz CT molecular complexity index is 1030.